The summed E-state index contributed by atoms with van der Waals surface area (Å²) in [6, 6.07) is 7.20. The average Bonchev–Trinajstić information content (AvgIpc) is 2.41. The number of halogens is 1. The first kappa shape index (κ1) is 13.6. The molecular formula is C13H13FN4O2. The van der Waals surface area contributed by atoms with Crippen LogP contribution in [0, 0.1) is 5.82 Å². The molecule has 5 N–H and O–H groups in total. The van der Waals surface area contributed by atoms with Gasteiger partial charge in [0.05, 0.1) is 12.8 Å². The van der Waals surface area contributed by atoms with Gasteiger partial charge in [-0.1, -0.05) is 0 Å². The molecule has 6 nitrogen and oxygen atoms in total. The van der Waals surface area contributed by atoms with Crippen molar-refractivity contribution in [3.05, 3.63) is 41.8 Å². The van der Waals surface area contributed by atoms with E-state index in [1.165, 1.54) is 31.4 Å². The number of hydrogen-bond donors (Lipinski definition) is 3. The Labute approximate surface area is 114 Å². The minimum absolute atomic E-state index is 0.0654. The number of hydrogen-bond acceptors (Lipinski definition) is 5. The van der Waals surface area contributed by atoms with Crippen LogP contribution in [0.3, 0.4) is 0 Å². The van der Waals surface area contributed by atoms with Gasteiger partial charge in [-0.05, 0) is 24.3 Å². The van der Waals surface area contributed by atoms with E-state index >= 15 is 0 Å². The minimum atomic E-state index is -0.672. The molecule has 0 atom stereocenters. The fourth-order valence-electron chi connectivity index (χ4n) is 1.59. The fourth-order valence-corrected chi connectivity index (χ4v) is 1.59. The maximum absolute atomic E-state index is 13.6. The smallest absolute Gasteiger partial charge is 0.267 e. The lowest BCUT2D eigenvalue weighted by molar-refractivity contribution is 0.0996. The van der Waals surface area contributed by atoms with Gasteiger partial charge in [0.1, 0.15) is 5.69 Å². The van der Waals surface area contributed by atoms with Crippen LogP contribution in [0.2, 0.25) is 0 Å². The quantitative estimate of drug-likeness (QED) is 0.787. The van der Waals surface area contributed by atoms with E-state index < -0.39 is 11.7 Å². The highest BCUT2D eigenvalue weighted by atomic mass is 19.1. The number of carbonyl (C=O) groups excluding carboxylic acids is 1. The second-order valence-corrected chi connectivity index (χ2v) is 3.97. The summed E-state index contributed by atoms with van der Waals surface area (Å²) in [6.45, 7) is 0. The number of nitrogens with zero attached hydrogens (tertiary/aromatic N) is 1. The van der Waals surface area contributed by atoms with Gasteiger partial charge in [-0.2, -0.15) is 0 Å². The van der Waals surface area contributed by atoms with Crippen molar-refractivity contribution in [2.24, 2.45) is 5.73 Å². The zero-order valence-electron chi connectivity index (χ0n) is 10.7. The van der Waals surface area contributed by atoms with Crippen LogP contribution >= 0.6 is 0 Å². The predicted molar refractivity (Wildman–Crippen MR) is 73.4 cm³/mol. The molecule has 0 spiro atoms. The van der Waals surface area contributed by atoms with Gasteiger partial charge < -0.3 is 21.5 Å². The molecule has 0 aliphatic rings. The van der Waals surface area contributed by atoms with E-state index in [-0.39, 0.29) is 17.3 Å². The third-order valence-electron chi connectivity index (χ3n) is 2.59. The highest BCUT2D eigenvalue weighted by Crippen LogP contribution is 2.25. The molecule has 104 valence electrons. The predicted octanol–water partition coefficient (Wildman–Crippen LogP) is 1.65. The number of methoxy groups -OCH3 is 1. The average molecular weight is 276 g/mol. The number of anilines is 3. The van der Waals surface area contributed by atoms with Crippen LogP contribution in [0.1, 0.15) is 10.5 Å². The van der Waals surface area contributed by atoms with Crippen LogP contribution in [0.4, 0.5) is 21.6 Å². The van der Waals surface area contributed by atoms with Crippen LogP contribution in [-0.4, -0.2) is 18.0 Å². The number of ether oxygens (including phenoxy) is 1. The number of aromatic nitrogens is 1. The molecule has 1 aromatic carbocycles. The van der Waals surface area contributed by atoms with Crippen molar-refractivity contribution < 1.29 is 13.9 Å². The molecule has 1 amide bonds. The van der Waals surface area contributed by atoms with Crippen LogP contribution in [-0.2, 0) is 0 Å². The molecular weight excluding hydrogens is 263 g/mol. The molecule has 0 saturated heterocycles. The standard InChI is InChI=1S/C13H13FN4O2/c1-20-11-5-2-7(6-8(11)14)17-13-9(15)3-4-10(18-13)12(16)19/h2-6H,15H2,1H3,(H2,16,19)(H,17,18). The normalized spacial score (nSPS) is 10.1. The van der Waals surface area contributed by atoms with Gasteiger partial charge in [-0.15, -0.1) is 0 Å². The third-order valence-corrected chi connectivity index (χ3v) is 2.59. The van der Waals surface area contributed by atoms with E-state index in [0.717, 1.165) is 0 Å². The minimum Gasteiger partial charge on any atom is -0.494 e. The summed E-state index contributed by atoms with van der Waals surface area (Å²) in [4.78, 5) is 15.0. The maximum Gasteiger partial charge on any atom is 0.267 e. The Hall–Kier alpha value is -2.83. The van der Waals surface area contributed by atoms with Crippen molar-refractivity contribution >= 4 is 23.1 Å². The molecule has 0 aliphatic carbocycles. The fraction of sp³-hybridized carbons (Fsp3) is 0.0769. The maximum atomic E-state index is 13.6. The van der Waals surface area contributed by atoms with Gasteiger partial charge in [0.25, 0.3) is 5.91 Å². The van der Waals surface area contributed by atoms with E-state index in [0.29, 0.717) is 11.4 Å². The summed E-state index contributed by atoms with van der Waals surface area (Å²) >= 11 is 0. The third kappa shape index (κ3) is 2.77. The van der Waals surface area contributed by atoms with E-state index in [1.54, 1.807) is 6.07 Å². The Balaban J connectivity index is 2.32. The van der Waals surface area contributed by atoms with Crippen molar-refractivity contribution in [1.82, 2.24) is 4.98 Å². The Kier molecular flexibility index (Phi) is 3.69. The number of amides is 1. The topological polar surface area (TPSA) is 103 Å². The first-order chi connectivity index (χ1) is 9.51. The molecule has 1 aromatic heterocycles. The van der Waals surface area contributed by atoms with Gasteiger partial charge in [-0.3, -0.25) is 4.79 Å². The molecule has 0 bridgehead atoms. The van der Waals surface area contributed by atoms with Crippen molar-refractivity contribution in [2.45, 2.75) is 0 Å². The molecule has 0 fully saturated rings. The first-order valence-corrected chi connectivity index (χ1v) is 5.68. The number of nitrogens with two attached hydrogens (primary N) is 2. The molecule has 7 heteroatoms. The summed E-state index contributed by atoms with van der Waals surface area (Å²) in [7, 11) is 1.38. The number of rotatable bonds is 4. The van der Waals surface area contributed by atoms with Crippen molar-refractivity contribution in [2.75, 3.05) is 18.2 Å². The summed E-state index contributed by atoms with van der Waals surface area (Å²) in [5, 5.41) is 2.82. The van der Waals surface area contributed by atoms with Crippen LogP contribution in [0.25, 0.3) is 0 Å². The summed E-state index contributed by atoms with van der Waals surface area (Å²) in [5.41, 5.74) is 11.7. The molecule has 2 aromatic rings. The zero-order chi connectivity index (χ0) is 14.7. The lowest BCUT2D eigenvalue weighted by Crippen LogP contribution is -2.14. The van der Waals surface area contributed by atoms with Crippen molar-refractivity contribution in [3.63, 3.8) is 0 Å². The van der Waals surface area contributed by atoms with E-state index in [4.69, 9.17) is 16.2 Å². The van der Waals surface area contributed by atoms with Crippen LogP contribution in [0.15, 0.2) is 30.3 Å². The number of primary amides is 1. The number of nitrogens with one attached hydrogen (secondary N) is 1. The van der Waals surface area contributed by atoms with Gasteiger partial charge in [0.2, 0.25) is 0 Å². The number of carbonyl (C=O) groups is 1. The second kappa shape index (κ2) is 5.43. The molecule has 2 rings (SSSR count). The van der Waals surface area contributed by atoms with Gasteiger partial charge in [-0.25, -0.2) is 9.37 Å². The van der Waals surface area contributed by atoms with E-state index in [9.17, 15) is 9.18 Å². The summed E-state index contributed by atoms with van der Waals surface area (Å²) < 4.78 is 18.4. The molecule has 0 radical (unpaired) electrons. The first-order valence-electron chi connectivity index (χ1n) is 5.68. The van der Waals surface area contributed by atoms with Crippen molar-refractivity contribution in [1.29, 1.82) is 0 Å². The molecule has 0 unspecified atom stereocenters. The summed E-state index contributed by atoms with van der Waals surface area (Å²) in [5.74, 6) is -0.843. The lowest BCUT2D eigenvalue weighted by atomic mass is 10.2. The monoisotopic (exact) mass is 276 g/mol. The molecule has 0 aliphatic heterocycles. The SMILES string of the molecule is COc1ccc(Nc2nc(C(N)=O)ccc2N)cc1F. The highest BCUT2D eigenvalue weighted by molar-refractivity contribution is 5.92. The highest BCUT2D eigenvalue weighted by Gasteiger charge is 2.09. The van der Waals surface area contributed by atoms with Crippen LogP contribution < -0.4 is 21.5 Å². The number of nitrogen functional groups attached to an aromatic ring is 1. The lowest BCUT2D eigenvalue weighted by Gasteiger charge is -2.10. The van der Waals surface area contributed by atoms with Crippen LogP contribution in [0.5, 0.6) is 5.75 Å². The second-order valence-electron chi connectivity index (χ2n) is 3.97. The largest absolute Gasteiger partial charge is 0.494 e. The Bertz CT molecular complexity index is 661. The van der Waals surface area contributed by atoms with Crippen molar-refractivity contribution in [3.8, 4) is 5.75 Å². The number of benzene rings is 1. The zero-order valence-corrected chi connectivity index (χ0v) is 10.7. The summed E-state index contributed by atoms with van der Waals surface area (Å²) in [6.07, 6.45) is 0. The van der Waals surface area contributed by atoms with E-state index in [2.05, 4.69) is 10.3 Å². The van der Waals surface area contributed by atoms with Gasteiger partial charge in [0.15, 0.2) is 17.4 Å². The Morgan fingerprint density at radius 3 is 2.70 bits per heavy atom. The molecule has 20 heavy (non-hydrogen) atoms. The van der Waals surface area contributed by atoms with Gasteiger partial charge in [0, 0.05) is 11.8 Å². The molecule has 0 saturated carbocycles. The Morgan fingerprint density at radius 1 is 1.35 bits per heavy atom. The molecule has 1 heterocycles. The Morgan fingerprint density at radius 2 is 2.10 bits per heavy atom. The van der Waals surface area contributed by atoms with E-state index in [1.807, 2.05) is 0 Å². The van der Waals surface area contributed by atoms with Gasteiger partial charge >= 0.3 is 0 Å². The number of pyridine rings is 1.